The molecular formula is C47H52ClN3O4. The summed E-state index contributed by atoms with van der Waals surface area (Å²) in [4.78, 5) is 22.4. The fourth-order valence-corrected chi connectivity index (χ4v) is 6.88. The number of amides is 1. The zero-order valence-electron chi connectivity index (χ0n) is 32.9. The van der Waals surface area contributed by atoms with Gasteiger partial charge in [-0.3, -0.25) is 9.69 Å². The number of hydrogen-bond donors (Lipinski definition) is 0. The van der Waals surface area contributed by atoms with Gasteiger partial charge < -0.3 is 19.1 Å². The number of carbonyl (C=O) groups excluding carboxylic acids is 1. The Morgan fingerprint density at radius 3 is 2.07 bits per heavy atom. The molecule has 286 valence electrons. The van der Waals surface area contributed by atoms with Crippen LogP contribution in [0, 0.1) is 13.8 Å². The first-order chi connectivity index (χ1) is 26.5. The van der Waals surface area contributed by atoms with Crippen molar-refractivity contribution in [2.45, 2.75) is 67.0 Å². The van der Waals surface area contributed by atoms with E-state index in [2.05, 4.69) is 103 Å². The highest BCUT2D eigenvalue weighted by atomic mass is 35.5. The minimum atomic E-state index is 0.0579. The summed E-state index contributed by atoms with van der Waals surface area (Å²) in [5.74, 6) is 3.09. The molecule has 0 spiro atoms. The van der Waals surface area contributed by atoms with Crippen LogP contribution in [0.4, 0.5) is 0 Å². The predicted octanol–water partition coefficient (Wildman–Crippen LogP) is 10.6. The van der Waals surface area contributed by atoms with E-state index in [4.69, 9.17) is 25.8 Å². The van der Waals surface area contributed by atoms with E-state index in [1.54, 1.807) is 12.3 Å². The summed E-state index contributed by atoms with van der Waals surface area (Å²) in [7, 11) is 0. The number of ether oxygens (including phenoxy) is 3. The van der Waals surface area contributed by atoms with E-state index >= 15 is 0 Å². The number of benzene rings is 4. The molecule has 1 aliphatic heterocycles. The Hall–Kier alpha value is -5.11. The molecule has 1 aliphatic rings. The molecule has 0 N–H and O–H groups in total. The van der Waals surface area contributed by atoms with E-state index in [-0.39, 0.29) is 5.91 Å². The van der Waals surface area contributed by atoms with Crippen molar-refractivity contribution < 1.29 is 19.0 Å². The molecule has 0 saturated carbocycles. The van der Waals surface area contributed by atoms with Crippen LogP contribution in [0.25, 0.3) is 5.57 Å². The maximum Gasteiger partial charge on any atom is 0.249 e. The second kappa shape index (κ2) is 18.5. The molecule has 6 rings (SSSR count). The number of nitrogens with zero attached hydrogens (tertiary/aromatic N) is 3. The Kier molecular flexibility index (Phi) is 13.3. The molecule has 1 amide bonds. The van der Waals surface area contributed by atoms with Crippen molar-refractivity contribution in [3.05, 3.63) is 153 Å². The summed E-state index contributed by atoms with van der Waals surface area (Å²) in [6.07, 6.45) is 2.51. The topological polar surface area (TPSA) is 64.1 Å². The number of hydrogen-bond acceptors (Lipinski definition) is 6. The second-order valence-electron chi connectivity index (χ2n) is 14.8. The van der Waals surface area contributed by atoms with Crippen molar-refractivity contribution in [2.75, 3.05) is 32.8 Å². The normalized spacial score (nSPS) is 13.8. The van der Waals surface area contributed by atoms with Crippen molar-refractivity contribution in [1.29, 1.82) is 0 Å². The van der Waals surface area contributed by atoms with Gasteiger partial charge in [0.15, 0.2) is 5.75 Å². The van der Waals surface area contributed by atoms with Crippen LogP contribution in [0.5, 0.6) is 23.1 Å². The van der Waals surface area contributed by atoms with Crippen molar-refractivity contribution in [2.24, 2.45) is 0 Å². The lowest BCUT2D eigenvalue weighted by atomic mass is 9.99. The number of piperazine rings is 1. The summed E-state index contributed by atoms with van der Waals surface area (Å²) in [5, 5.41) is 0.457. The van der Waals surface area contributed by atoms with Gasteiger partial charge in [0, 0.05) is 50.8 Å². The number of pyridine rings is 1. The van der Waals surface area contributed by atoms with Crippen LogP contribution in [0.2, 0.25) is 5.02 Å². The highest BCUT2D eigenvalue weighted by molar-refractivity contribution is 6.32. The first-order valence-electron chi connectivity index (χ1n) is 19.1. The zero-order valence-corrected chi connectivity index (χ0v) is 33.7. The van der Waals surface area contributed by atoms with Crippen LogP contribution < -0.4 is 14.2 Å². The number of halogens is 1. The van der Waals surface area contributed by atoms with Crippen molar-refractivity contribution in [3.8, 4) is 23.1 Å². The largest absolute Gasteiger partial charge is 0.493 e. The van der Waals surface area contributed by atoms with Gasteiger partial charge in [0.25, 0.3) is 0 Å². The van der Waals surface area contributed by atoms with Gasteiger partial charge in [-0.15, -0.1) is 0 Å². The SMILES string of the molecule is C/C(C(=O)N1CCN(Cc2ccc(CCOc3ccc(C(C)C)cc3)cc2)CC1)=C(\C)c1cc(C)c(Oc2ccc(OCc3ccc(C)cc3)cn2)c(Cl)c1. The summed E-state index contributed by atoms with van der Waals surface area (Å²) >= 11 is 6.76. The van der Waals surface area contributed by atoms with Crippen LogP contribution in [0.3, 0.4) is 0 Å². The predicted molar refractivity (Wildman–Crippen MR) is 222 cm³/mol. The van der Waals surface area contributed by atoms with Crippen LogP contribution in [0.15, 0.2) is 109 Å². The highest BCUT2D eigenvalue weighted by Gasteiger charge is 2.24. The monoisotopic (exact) mass is 757 g/mol. The number of aryl methyl sites for hydroxylation is 2. The van der Waals surface area contributed by atoms with Gasteiger partial charge in [0.05, 0.1) is 17.8 Å². The Bertz CT molecular complexity index is 2040. The molecule has 0 radical (unpaired) electrons. The molecule has 7 nitrogen and oxygen atoms in total. The van der Waals surface area contributed by atoms with E-state index in [9.17, 15) is 4.79 Å². The standard InChI is InChI=1S/C47H52ClN3O4/c1-32(2)40-15-17-42(18-16-40)53-26-21-37-11-13-38(14-12-37)30-50-22-24-51(25-23-50)47(52)36(6)35(5)41-27-34(4)46(44(48)28-41)55-45-20-19-43(29-49-45)54-31-39-9-7-33(3)8-10-39/h7-20,27-29,32H,21-26,30-31H2,1-6H3/b36-35-. The molecule has 0 unspecified atom stereocenters. The third-order valence-corrected chi connectivity index (χ3v) is 10.6. The van der Waals surface area contributed by atoms with Crippen molar-refractivity contribution >= 4 is 23.1 Å². The molecule has 1 fully saturated rings. The minimum Gasteiger partial charge on any atom is -0.493 e. The lowest BCUT2D eigenvalue weighted by molar-refractivity contribution is -0.128. The van der Waals surface area contributed by atoms with Gasteiger partial charge in [0.2, 0.25) is 11.8 Å². The van der Waals surface area contributed by atoms with Gasteiger partial charge in [-0.25, -0.2) is 4.98 Å². The second-order valence-corrected chi connectivity index (χ2v) is 15.2. The molecule has 0 bridgehead atoms. The van der Waals surface area contributed by atoms with Crippen LogP contribution in [-0.4, -0.2) is 53.5 Å². The Morgan fingerprint density at radius 2 is 1.44 bits per heavy atom. The highest BCUT2D eigenvalue weighted by Crippen LogP contribution is 2.36. The Balaban J connectivity index is 0.967. The van der Waals surface area contributed by atoms with Crippen LogP contribution in [0.1, 0.15) is 72.6 Å². The molecule has 4 aromatic carbocycles. The van der Waals surface area contributed by atoms with E-state index < -0.39 is 0 Å². The van der Waals surface area contributed by atoms with Gasteiger partial charge >= 0.3 is 0 Å². The van der Waals surface area contributed by atoms with Gasteiger partial charge in [0.1, 0.15) is 18.1 Å². The van der Waals surface area contributed by atoms with E-state index in [0.29, 0.717) is 60.2 Å². The summed E-state index contributed by atoms with van der Waals surface area (Å²) < 4.78 is 18.0. The fourth-order valence-electron chi connectivity index (χ4n) is 6.57. The van der Waals surface area contributed by atoms with Crippen LogP contribution >= 0.6 is 11.6 Å². The molecule has 1 aromatic heterocycles. The lowest BCUT2D eigenvalue weighted by Crippen LogP contribution is -2.48. The van der Waals surface area contributed by atoms with Crippen LogP contribution in [-0.2, 0) is 24.4 Å². The average Bonchev–Trinajstić information content (AvgIpc) is 3.19. The van der Waals surface area contributed by atoms with Gasteiger partial charge in [-0.2, -0.15) is 0 Å². The van der Waals surface area contributed by atoms with Crippen molar-refractivity contribution in [3.63, 3.8) is 0 Å². The maximum absolute atomic E-state index is 13.6. The third kappa shape index (κ3) is 10.8. The minimum absolute atomic E-state index is 0.0579. The van der Waals surface area contributed by atoms with E-state index in [1.165, 1.54) is 22.3 Å². The average molecular weight is 758 g/mol. The summed E-state index contributed by atoms with van der Waals surface area (Å²) in [6.45, 7) is 17.3. The van der Waals surface area contributed by atoms with E-state index in [1.807, 2.05) is 43.9 Å². The molecular weight excluding hydrogens is 706 g/mol. The number of allylic oxidation sites excluding steroid dienone is 1. The number of rotatable bonds is 14. The first kappa shape index (κ1) is 39.6. The smallest absolute Gasteiger partial charge is 0.249 e. The van der Waals surface area contributed by atoms with Gasteiger partial charge in [-0.1, -0.05) is 91.7 Å². The first-order valence-corrected chi connectivity index (χ1v) is 19.5. The molecule has 0 atom stereocenters. The van der Waals surface area contributed by atoms with Crippen molar-refractivity contribution in [1.82, 2.24) is 14.8 Å². The quantitative estimate of drug-likeness (QED) is 0.105. The molecule has 8 heteroatoms. The zero-order chi connectivity index (χ0) is 38.9. The molecule has 1 saturated heterocycles. The lowest BCUT2D eigenvalue weighted by Gasteiger charge is -2.35. The molecule has 2 heterocycles. The third-order valence-electron chi connectivity index (χ3n) is 10.3. The molecule has 55 heavy (non-hydrogen) atoms. The van der Waals surface area contributed by atoms with E-state index in [0.717, 1.165) is 54.1 Å². The maximum atomic E-state index is 13.6. The molecule has 0 aliphatic carbocycles. The Labute approximate surface area is 331 Å². The number of carbonyl (C=O) groups is 1. The van der Waals surface area contributed by atoms with Gasteiger partial charge in [-0.05, 0) is 103 Å². The fraction of sp³-hybridized carbons (Fsp3) is 0.319. The Morgan fingerprint density at radius 1 is 0.782 bits per heavy atom. The summed E-state index contributed by atoms with van der Waals surface area (Å²) in [6, 6.07) is 32.9. The number of aromatic nitrogens is 1. The molecule has 5 aromatic rings. The summed E-state index contributed by atoms with van der Waals surface area (Å²) in [5.41, 5.74) is 9.51.